The lowest BCUT2D eigenvalue weighted by molar-refractivity contribution is -0.0201. The van der Waals surface area contributed by atoms with Gasteiger partial charge in [-0.25, -0.2) is 9.78 Å². The van der Waals surface area contributed by atoms with Crippen molar-refractivity contribution in [3.63, 3.8) is 0 Å². The fourth-order valence-corrected chi connectivity index (χ4v) is 4.84. The van der Waals surface area contributed by atoms with E-state index in [1.165, 1.54) is 12.8 Å². The summed E-state index contributed by atoms with van der Waals surface area (Å²) in [5, 5.41) is 17.0. The average Bonchev–Trinajstić information content (AvgIpc) is 3.26. The van der Waals surface area contributed by atoms with E-state index in [4.69, 9.17) is 9.72 Å². The van der Waals surface area contributed by atoms with Crippen molar-refractivity contribution in [3.05, 3.63) is 16.1 Å². The molecule has 1 unspecified atom stereocenters. The molecule has 3 heterocycles. The van der Waals surface area contributed by atoms with Gasteiger partial charge in [-0.15, -0.1) is 11.3 Å². The molecule has 0 aromatic carbocycles. The lowest BCUT2D eigenvalue weighted by Crippen LogP contribution is -2.50. The van der Waals surface area contributed by atoms with Crippen LogP contribution in [0.5, 0.6) is 0 Å². The predicted molar refractivity (Wildman–Crippen MR) is 106 cm³/mol. The van der Waals surface area contributed by atoms with Crippen molar-refractivity contribution in [2.45, 2.75) is 63.8 Å². The Morgan fingerprint density at radius 2 is 2.19 bits per heavy atom. The molecule has 2 aliphatic heterocycles. The van der Waals surface area contributed by atoms with Crippen molar-refractivity contribution >= 4 is 17.4 Å². The minimum absolute atomic E-state index is 0.0516. The summed E-state index contributed by atoms with van der Waals surface area (Å²) in [4.78, 5) is 21.1. The Labute approximate surface area is 165 Å². The molecule has 7 nitrogen and oxygen atoms in total. The van der Waals surface area contributed by atoms with E-state index in [1.54, 1.807) is 23.3 Å². The number of urea groups is 1. The molecule has 1 atom stereocenters. The van der Waals surface area contributed by atoms with Crippen molar-refractivity contribution in [1.82, 2.24) is 20.1 Å². The van der Waals surface area contributed by atoms with Crippen molar-refractivity contribution in [1.29, 1.82) is 0 Å². The predicted octanol–water partition coefficient (Wildman–Crippen LogP) is 2.16. The zero-order valence-corrected chi connectivity index (χ0v) is 17.4. The Hall–Kier alpha value is -1.22. The summed E-state index contributed by atoms with van der Waals surface area (Å²) in [5.74, 6) is 0. The van der Waals surface area contributed by atoms with Gasteiger partial charge in [0, 0.05) is 37.7 Å². The Balaban J connectivity index is 1.57. The molecule has 1 aromatic rings. The lowest BCUT2D eigenvalue weighted by Gasteiger charge is -2.37. The van der Waals surface area contributed by atoms with Crippen LogP contribution in [0, 0.1) is 0 Å². The maximum atomic E-state index is 12.1. The summed E-state index contributed by atoms with van der Waals surface area (Å²) in [5.41, 5.74) is -0.172. The number of aromatic nitrogens is 1. The summed E-state index contributed by atoms with van der Waals surface area (Å²) in [6, 6.07) is 0.532. The summed E-state index contributed by atoms with van der Waals surface area (Å²) in [6.07, 6.45) is 3.42. The molecule has 152 valence electrons. The zero-order chi connectivity index (χ0) is 19.4. The minimum Gasteiger partial charge on any atom is -0.383 e. The van der Waals surface area contributed by atoms with Gasteiger partial charge in [0.2, 0.25) is 0 Å². The molecule has 0 spiro atoms. The molecule has 8 heteroatoms. The Kier molecular flexibility index (Phi) is 6.73. The number of likely N-dealkylation sites (tertiary alicyclic amines) is 2. The van der Waals surface area contributed by atoms with Crippen LogP contribution in [0.4, 0.5) is 4.79 Å². The highest BCUT2D eigenvalue weighted by molar-refractivity contribution is 7.09. The monoisotopic (exact) mass is 396 g/mol. The number of aliphatic hydroxyl groups is 1. The second kappa shape index (κ2) is 8.86. The fraction of sp³-hybridized carbons (Fsp3) is 0.789. The Morgan fingerprint density at radius 3 is 2.85 bits per heavy atom. The quantitative estimate of drug-likeness (QED) is 0.770. The smallest absolute Gasteiger partial charge is 0.317 e. The first kappa shape index (κ1) is 20.5. The SMILES string of the molecule is COCC1CCCN1Cc1nc(C2(O)CCN(C(=O)NC(C)C)CC2)cs1. The van der Waals surface area contributed by atoms with E-state index in [1.807, 2.05) is 19.2 Å². The molecule has 2 N–H and O–H groups in total. The van der Waals surface area contributed by atoms with Gasteiger partial charge < -0.3 is 20.1 Å². The van der Waals surface area contributed by atoms with Crippen LogP contribution >= 0.6 is 11.3 Å². The number of methoxy groups -OCH3 is 1. The third kappa shape index (κ3) is 4.99. The standard InChI is InChI=1S/C19H32N4O3S/c1-14(2)20-18(24)22-9-6-19(25,7-10-22)16-13-27-17(21-16)11-23-8-4-5-15(23)12-26-3/h13-15,25H,4-12H2,1-3H3,(H,20,24). The second-order valence-corrected chi connectivity index (χ2v) is 8.91. The number of rotatable bonds is 6. The molecular weight excluding hydrogens is 364 g/mol. The van der Waals surface area contributed by atoms with E-state index in [9.17, 15) is 9.90 Å². The van der Waals surface area contributed by atoms with Crippen LogP contribution < -0.4 is 5.32 Å². The topological polar surface area (TPSA) is 77.9 Å². The lowest BCUT2D eigenvalue weighted by atomic mass is 9.89. The van der Waals surface area contributed by atoms with E-state index < -0.39 is 5.60 Å². The minimum atomic E-state index is -0.930. The molecule has 0 aliphatic carbocycles. The molecule has 2 saturated heterocycles. The van der Waals surface area contributed by atoms with Crippen LogP contribution in [-0.4, -0.2) is 71.4 Å². The highest BCUT2D eigenvalue weighted by Crippen LogP contribution is 2.34. The van der Waals surface area contributed by atoms with Gasteiger partial charge in [0.05, 0.1) is 18.8 Å². The van der Waals surface area contributed by atoms with E-state index in [-0.39, 0.29) is 12.1 Å². The Bertz CT molecular complexity index is 628. The number of ether oxygens (including phenoxy) is 1. The van der Waals surface area contributed by atoms with Crippen LogP contribution in [0.15, 0.2) is 5.38 Å². The molecule has 1 aromatic heterocycles. The van der Waals surface area contributed by atoms with E-state index in [2.05, 4.69) is 10.2 Å². The van der Waals surface area contributed by atoms with Crippen LogP contribution in [0.2, 0.25) is 0 Å². The van der Waals surface area contributed by atoms with Crippen molar-refractivity contribution in [2.75, 3.05) is 33.4 Å². The van der Waals surface area contributed by atoms with Gasteiger partial charge in [0.25, 0.3) is 0 Å². The third-order valence-corrected chi connectivity index (χ3v) is 6.35. The molecule has 2 fully saturated rings. The molecule has 27 heavy (non-hydrogen) atoms. The van der Waals surface area contributed by atoms with Gasteiger partial charge in [-0.05, 0) is 46.1 Å². The van der Waals surface area contributed by atoms with Gasteiger partial charge in [-0.1, -0.05) is 0 Å². The normalized spacial score (nSPS) is 23.1. The largest absolute Gasteiger partial charge is 0.383 e. The molecular formula is C19H32N4O3S. The molecule has 0 saturated carbocycles. The van der Waals surface area contributed by atoms with Crippen molar-refractivity contribution in [3.8, 4) is 0 Å². The first-order valence-electron chi connectivity index (χ1n) is 9.87. The van der Waals surface area contributed by atoms with Gasteiger partial charge in [-0.3, -0.25) is 4.90 Å². The number of carbonyl (C=O) groups excluding carboxylic acids is 1. The van der Waals surface area contributed by atoms with Crippen molar-refractivity contribution in [2.24, 2.45) is 0 Å². The number of hydrogen-bond acceptors (Lipinski definition) is 6. The molecule has 0 bridgehead atoms. The molecule has 2 amide bonds. The maximum absolute atomic E-state index is 12.1. The zero-order valence-electron chi connectivity index (χ0n) is 16.6. The van der Waals surface area contributed by atoms with Gasteiger partial charge in [-0.2, -0.15) is 0 Å². The van der Waals surface area contributed by atoms with Crippen LogP contribution in [0.25, 0.3) is 0 Å². The number of piperidine rings is 1. The third-order valence-electron chi connectivity index (χ3n) is 5.51. The van der Waals surface area contributed by atoms with E-state index in [0.717, 1.165) is 30.4 Å². The molecule has 2 aliphatic rings. The summed E-state index contributed by atoms with van der Waals surface area (Å²) in [6.45, 7) is 7.65. The summed E-state index contributed by atoms with van der Waals surface area (Å²) in [7, 11) is 1.75. The number of nitrogens with one attached hydrogen (secondary N) is 1. The second-order valence-electron chi connectivity index (χ2n) is 7.97. The number of hydrogen-bond donors (Lipinski definition) is 2. The maximum Gasteiger partial charge on any atom is 0.317 e. The number of thiazole rings is 1. The summed E-state index contributed by atoms with van der Waals surface area (Å²) < 4.78 is 5.33. The van der Waals surface area contributed by atoms with E-state index >= 15 is 0 Å². The number of nitrogens with zero attached hydrogens (tertiary/aromatic N) is 3. The van der Waals surface area contributed by atoms with E-state index in [0.29, 0.717) is 32.0 Å². The molecule has 3 rings (SSSR count). The first-order chi connectivity index (χ1) is 12.9. The fourth-order valence-electron chi connectivity index (χ4n) is 3.93. The van der Waals surface area contributed by atoms with Crippen LogP contribution in [0.1, 0.15) is 50.2 Å². The number of amides is 2. The van der Waals surface area contributed by atoms with Crippen LogP contribution in [0.3, 0.4) is 0 Å². The highest BCUT2D eigenvalue weighted by atomic mass is 32.1. The Morgan fingerprint density at radius 1 is 1.44 bits per heavy atom. The van der Waals surface area contributed by atoms with Gasteiger partial charge >= 0.3 is 6.03 Å². The van der Waals surface area contributed by atoms with Crippen LogP contribution in [-0.2, 0) is 16.9 Å². The highest BCUT2D eigenvalue weighted by Gasteiger charge is 2.37. The summed E-state index contributed by atoms with van der Waals surface area (Å²) >= 11 is 1.62. The number of carbonyl (C=O) groups is 1. The first-order valence-corrected chi connectivity index (χ1v) is 10.7. The van der Waals surface area contributed by atoms with Crippen molar-refractivity contribution < 1.29 is 14.6 Å². The van der Waals surface area contributed by atoms with Gasteiger partial charge in [0.1, 0.15) is 10.6 Å². The molecule has 0 radical (unpaired) electrons. The average molecular weight is 397 g/mol. The van der Waals surface area contributed by atoms with Gasteiger partial charge in [0.15, 0.2) is 0 Å².